The highest BCUT2D eigenvalue weighted by molar-refractivity contribution is 7.92. The first-order valence-electron chi connectivity index (χ1n) is 9.60. The predicted molar refractivity (Wildman–Crippen MR) is 124 cm³/mol. The summed E-state index contributed by atoms with van der Waals surface area (Å²) in [7, 11) is -2.07. The molecule has 1 heterocycles. The molecule has 0 bridgehead atoms. The summed E-state index contributed by atoms with van der Waals surface area (Å²) >= 11 is 1.33. The monoisotopic (exact) mass is 443 g/mol. The van der Waals surface area contributed by atoms with Gasteiger partial charge in [0.25, 0.3) is 5.91 Å². The molecule has 158 valence electrons. The van der Waals surface area contributed by atoms with Crippen LogP contribution in [0.25, 0.3) is 11.3 Å². The highest BCUT2D eigenvalue weighted by Crippen LogP contribution is 2.28. The van der Waals surface area contributed by atoms with Crippen LogP contribution in [-0.4, -0.2) is 32.6 Å². The standard InChI is InChI=1S/C22H25N3O3S2/c1-5-15(2)16-10-12-17(13-11-16)19-14-29-22(23-19)24-21(26)18-8-6-7-9-20(18)25(3)30(4,27)28/h6-15H,5H2,1-4H3,(H,23,24,26). The van der Waals surface area contributed by atoms with Gasteiger partial charge in [-0.15, -0.1) is 11.3 Å². The second-order valence-electron chi connectivity index (χ2n) is 7.17. The molecule has 30 heavy (non-hydrogen) atoms. The van der Waals surface area contributed by atoms with E-state index in [1.165, 1.54) is 23.9 Å². The van der Waals surface area contributed by atoms with Crippen molar-refractivity contribution >= 4 is 38.1 Å². The van der Waals surface area contributed by atoms with E-state index in [0.29, 0.717) is 16.7 Å². The lowest BCUT2D eigenvalue weighted by atomic mass is 9.97. The van der Waals surface area contributed by atoms with Gasteiger partial charge in [0.2, 0.25) is 10.0 Å². The van der Waals surface area contributed by atoms with Crippen molar-refractivity contribution in [1.29, 1.82) is 0 Å². The zero-order chi connectivity index (χ0) is 21.9. The molecule has 1 N–H and O–H groups in total. The Labute approximate surface area is 181 Å². The van der Waals surface area contributed by atoms with Crippen molar-refractivity contribution in [3.8, 4) is 11.3 Å². The Morgan fingerprint density at radius 3 is 2.47 bits per heavy atom. The first-order chi connectivity index (χ1) is 14.2. The molecule has 0 aliphatic heterocycles. The lowest BCUT2D eigenvalue weighted by molar-refractivity contribution is 0.102. The van der Waals surface area contributed by atoms with E-state index in [1.54, 1.807) is 24.3 Å². The van der Waals surface area contributed by atoms with Gasteiger partial charge in [0, 0.05) is 18.0 Å². The summed E-state index contributed by atoms with van der Waals surface area (Å²) < 4.78 is 24.9. The molecule has 0 fully saturated rings. The van der Waals surface area contributed by atoms with Crippen LogP contribution in [0.1, 0.15) is 42.1 Å². The van der Waals surface area contributed by atoms with E-state index in [2.05, 4.69) is 36.3 Å². The fourth-order valence-electron chi connectivity index (χ4n) is 2.97. The summed E-state index contributed by atoms with van der Waals surface area (Å²) in [6.45, 7) is 4.37. The Kier molecular flexibility index (Phi) is 6.58. The quantitative estimate of drug-likeness (QED) is 0.559. The van der Waals surface area contributed by atoms with Gasteiger partial charge in [0.1, 0.15) is 0 Å². The summed E-state index contributed by atoms with van der Waals surface area (Å²) in [4.78, 5) is 17.3. The number of rotatable bonds is 7. The molecule has 0 aliphatic rings. The second-order valence-corrected chi connectivity index (χ2v) is 10.0. The fraction of sp³-hybridized carbons (Fsp3) is 0.273. The van der Waals surface area contributed by atoms with Gasteiger partial charge in [0.15, 0.2) is 5.13 Å². The molecule has 3 rings (SSSR count). The molecule has 0 aliphatic carbocycles. The predicted octanol–water partition coefficient (Wildman–Crippen LogP) is 4.97. The van der Waals surface area contributed by atoms with Gasteiger partial charge < -0.3 is 0 Å². The van der Waals surface area contributed by atoms with Gasteiger partial charge in [-0.25, -0.2) is 13.4 Å². The molecule has 0 saturated heterocycles. The van der Waals surface area contributed by atoms with Gasteiger partial charge >= 0.3 is 0 Å². The van der Waals surface area contributed by atoms with Crippen LogP contribution in [0.5, 0.6) is 0 Å². The topological polar surface area (TPSA) is 79.4 Å². The fourth-order valence-corrected chi connectivity index (χ4v) is 4.20. The van der Waals surface area contributed by atoms with E-state index < -0.39 is 15.9 Å². The highest BCUT2D eigenvalue weighted by atomic mass is 32.2. The van der Waals surface area contributed by atoms with E-state index in [9.17, 15) is 13.2 Å². The molecule has 1 atom stereocenters. The highest BCUT2D eigenvalue weighted by Gasteiger charge is 2.20. The Morgan fingerprint density at radius 1 is 1.17 bits per heavy atom. The van der Waals surface area contributed by atoms with Crippen LogP contribution >= 0.6 is 11.3 Å². The number of nitrogens with zero attached hydrogens (tertiary/aromatic N) is 2. The van der Waals surface area contributed by atoms with Crippen molar-refractivity contribution in [2.75, 3.05) is 22.9 Å². The number of carbonyl (C=O) groups excluding carboxylic acids is 1. The van der Waals surface area contributed by atoms with Crippen LogP contribution < -0.4 is 9.62 Å². The van der Waals surface area contributed by atoms with Gasteiger partial charge in [-0.3, -0.25) is 14.4 Å². The molecular weight excluding hydrogens is 418 g/mol. The van der Waals surface area contributed by atoms with Crippen molar-refractivity contribution < 1.29 is 13.2 Å². The maximum Gasteiger partial charge on any atom is 0.259 e. The molecule has 2 aromatic carbocycles. The number of sulfonamides is 1. The zero-order valence-corrected chi connectivity index (χ0v) is 19.0. The SMILES string of the molecule is CCC(C)c1ccc(-c2csc(NC(=O)c3ccccc3N(C)S(C)(=O)=O)n2)cc1. The first-order valence-corrected chi connectivity index (χ1v) is 12.3. The number of nitrogens with one attached hydrogen (secondary N) is 1. The summed E-state index contributed by atoms with van der Waals surface area (Å²) in [5.74, 6) is 0.101. The number of thiazole rings is 1. The van der Waals surface area contributed by atoms with Crippen LogP contribution in [0.3, 0.4) is 0 Å². The van der Waals surface area contributed by atoms with Crippen LogP contribution in [0, 0.1) is 0 Å². The Morgan fingerprint density at radius 2 is 1.83 bits per heavy atom. The maximum absolute atomic E-state index is 12.8. The minimum atomic E-state index is -3.49. The summed E-state index contributed by atoms with van der Waals surface area (Å²) in [5, 5.41) is 5.13. The number of carbonyl (C=O) groups is 1. The third kappa shape index (κ3) is 4.88. The number of para-hydroxylation sites is 1. The van der Waals surface area contributed by atoms with Gasteiger partial charge in [-0.2, -0.15) is 0 Å². The third-order valence-corrected chi connectivity index (χ3v) is 7.05. The van der Waals surface area contributed by atoms with E-state index in [1.807, 2.05) is 17.5 Å². The van der Waals surface area contributed by atoms with E-state index in [4.69, 9.17) is 0 Å². The number of benzene rings is 2. The molecular formula is C22H25N3O3S2. The van der Waals surface area contributed by atoms with Crippen molar-refractivity contribution in [3.63, 3.8) is 0 Å². The number of hydrogen-bond donors (Lipinski definition) is 1. The second kappa shape index (κ2) is 8.97. The molecule has 0 spiro atoms. The van der Waals surface area contributed by atoms with Crippen LogP contribution in [0.15, 0.2) is 53.9 Å². The molecule has 8 heteroatoms. The minimum Gasteiger partial charge on any atom is -0.298 e. The molecule has 0 saturated carbocycles. The normalized spacial score (nSPS) is 12.4. The Bertz CT molecular complexity index is 1140. The summed E-state index contributed by atoms with van der Waals surface area (Å²) in [6, 6.07) is 14.9. The number of hydrogen-bond acceptors (Lipinski definition) is 5. The average molecular weight is 444 g/mol. The maximum atomic E-state index is 12.8. The molecule has 1 unspecified atom stereocenters. The lowest BCUT2D eigenvalue weighted by Gasteiger charge is -2.19. The van der Waals surface area contributed by atoms with Gasteiger partial charge in [-0.1, -0.05) is 50.2 Å². The number of anilines is 2. The van der Waals surface area contributed by atoms with Crippen molar-refractivity contribution in [2.45, 2.75) is 26.2 Å². The van der Waals surface area contributed by atoms with Crippen LogP contribution in [-0.2, 0) is 10.0 Å². The molecule has 1 amide bonds. The van der Waals surface area contributed by atoms with E-state index in [-0.39, 0.29) is 5.56 Å². The molecule has 6 nitrogen and oxygen atoms in total. The lowest BCUT2D eigenvalue weighted by Crippen LogP contribution is -2.27. The Hall–Kier alpha value is -2.71. The number of amides is 1. The van der Waals surface area contributed by atoms with Crippen LogP contribution in [0.2, 0.25) is 0 Å². The van der Waals surface area contributed by atoms with E-state index >= 15 is 0 Å². The van der Waals surface area contributed by atoms with Crippen molar-refractivity contribution in [3.05, 3.63) is 65.0 Å². The van der Waals surface area contributed by atoms with Gasteiger partial charge in [0.05, 0.1) is 23.2 Å². The molecule has 3 aromatic rings. The van der Waals surface area contributed by atoms with Crippen LogP contribution in [0.4, 0.5) is 10.8 Å². The molecule has 1 aromatic heterocycles. The van der Waals surface area contributed by atoms with Crippen molar-refractivity contribution in [1.82, 2.24) is 4.98 Å². The third-order valence-electron chi connectivity index (χ3n) is 5.10. The smallest absolute Gasteiger partial charge is 0.259 e. The Balaban J connectivity index is 1.79. The largest absolute Gasteiger partial charge is 0.298 e. The zero-order valence-electron chi connectivity index (χ0n) is 17.4. The minimum absolute atomic E-state index is 0.264. The summed E-state index contributed by atoms with van der Waals surface area (Å²) in [6.07, 6.45) is 2.18. The average Bonchev–Trinajstić information content (AvgIpc) is 3.20. The molecule has 0 radical (unpaired) electrons. The number of aromatic nitrogens is 1. The van der Waals surface area contributed by atoms with Crippen molar-refractivity contribution in [2.24, 2.45) is 0 Å². The van der Waals surface area contributed by atoms with E-state index in [0.717, 1.165) is 28.2 Å². The summed E-state index contributed by atoms with van der Waals surface area (Å²) in [5.41, 5.74) is 3.63. The first kappa shape index (κ1) is 22.0. The van der Waals surface area contributed by atoms with Gasteiger partial charge in [-0.05, 0) is 30.0 Å².